The summed E-state index contributed by atoms with van der Waals surface area (Å²) < 4.78 is 11.7. The number of methoxy groups -OCH3 is 1. The number of rotatable bonds is 5. The zero-order valence-corrected chi connectivity index (χ0v) is 17.1. The van der Waals surface area contributed by atoms with Gasteiger partial charge in [0, 0.05) is 12.0 Å². The predicted octanol–water partition coefficient (Wildman–Crippen LogP) is 4.38. The van der Waals surface area contributed by atoms with Gasteiger partial charge >= 0.3 is 0 Å². The first-order chi connectivity index (χ1) is 13.4. The Labute approximate surface area is 167 Å². The molecule has 3 atom stereocenters. The van der Waals surface area contributed by atoms with E-state index in [0.717, 1.165) is 16.9 Å². The molecule has 4 rings (SSSR count). The monoisotopic (exact) mass is 379 g/mol. The maximum atomic E-state index is 13.8. The average molecular weight is 380 g/mol. The van der Waals surface area contributed by atoms with Crippen molar-refractivity contribution in [3.05, 3.63) is 65.7 Å². The van der Waals surface area contributed by atoms with Crippen LogP contribution in [0.25, 0.3) is 0 Å². The largest absolute Gasteiger partial charge is 0.497 e. The van der Waals surface area contributed by atoms with Crippen LogP contribution in [-0.2, 0) is 21.7 Å². The van der Waals surface area contributed by atoms with E-state index >= 15 is 0 Å². The molecule has 0 N–H and O–H groups in total. The molecule has 1 amide bonds. The molecule has 2 aromatic carbocycles. The molecule has 4 nitrogen and oxygen atoms in total. The number of carbonyl (C=O) groups is 1. The van der Waals surface area contributed by atoms with E-state index in [1.165, 1.54) is 0 Å². The lowest BCUT2D eigenvalue weighted by Crippen LogP contribution is -2.46. The molecule has 0 spiro atoms. The highest BCUT2D eigenvalue weighted by Gasteiger charge is 2.64. The van der Waals surface area contributed by atoms with Crippen LogP contribution in [0.15, 0.2) is 54.6 Å². The minimum atomic E-state index is -0.658. The zero-order valence-electron chi connectivity index (χ0n) is 17.1. The van der Waals surface area contributed by atoms with Gasteiger partial charge in [0.2, 0.25) is 5.91 Å². The molecule has 148 valence electrons. The Morgan fingerprint density at radius 3 is 2.43 bits per heavy atom. The molecule has 4 heteroatoms. The van der Waals surface area contributed by atoms with Crippen LogP contribution in [-0.4, -0.2) is 30.6 Å². The van der Waals surface area contributed by atoms with Gasteiger partial charge in [-0.25, -0.2) is 0 Å². The fraction of sp³-hybridized carbons (Fsp3) is 0.458. The van der Waals surface area contributed by atoms with Gasteiger partial charge in [-0.05, 0) is 30.0 Å². The van der Waals surface area contributed by atoms with E-state index in [2.05, 4.69) is 49.9 Å². The van der Waals surface area contributed by atoms with Crippen molar-refractivity contribution in [2.24, 2.45) is 11.3 Å². The lowest BCUT2D eigenvalue weighted by molar-refractivity contribution is -0.143. The smallest absolute Gasteiger partial charge is 0.231 e. The average Bonchev–Trinajstić information content (AvgIpc) is 3.17. The molecule has 0 radical (unpaired) electrons. The van der Waals surface area contributed by atoms with Crippen LogP contribution in [0.2, 0.25) is 0 Å². The number of carbonyl (C=O) groups excluding carboxylic acids is 1. The van der Waals surface area contributed by atoms with Crippen LogP contribution in [0.1, 0.15) is 38.3 Å². The number of fused-ring (bicyclic) bond motifs is 1. The summed E-state index contributed by atoms with van der Waals surface area (Å²) >= 11 is 0. The summed E-state index contributed by atoms with van der Waals surface area (Å²) in [5, 5.41) is 0. The molecule has 0 bridgehead atoms. The van der Waals surface area contributed by atoms with Gasteiger partial charge in [-0.2, -0.15) is 0 Å². The fourth-order valence-corrected chi connectivity index (χ4v) is 4.83. The summed E-state index contributed by atoms with van der Waals surface area (Å²) in [4.78, 5) is 15.8. The fourth-order valence-electron chi connectivity index (χ4n) is 4.83. The number of nitrogens with zero attached hydrogens (tertiary/aromatic N) is 1. The van der Waals surface area contributed by atoms with Crippen molar-refractivity contribution < 1.29 is 14.3 Å². The van der Waals surface area contributed by atoms with E-state index in [4.69, 9.17) is 9.47 Å². The molecule has 2 saturated heterocycles. The van der Waals surface area contributed by atoms with Crippen molar-refractivity contribution in [3.8, 4) is 5.75 Å². The minimum Gasteiger partial charge on any atom is -0.497 e. The highest BCUT2D eigenvalue weighted by atomic mass is 16.5. The Morgan fingerprint density at radius 2 is 1.82 bits per heavy atom. The van der Waals surface area contributed by atoms with Crippen LogP contribution >= 0.6 is 0 Å². The topological polar surface area (TPSA) is 38.8 Å². The standard InChI is InChI=1S/C24H29NO3/c1-17(2)21-15-28-24(19-8-6-5-7-9-19)16-23(3,22(26)25(21)24)14-18-10-12-20(27-4)13-11-18/h5-13,17,21H,14-16H2,1-4H3/t21-,23+,24+/m1/s1. The van der Waals surface area contributed by atoms with Gasteiger partial charge in [-0.15, -0.1) is 0 Å². The zero-order chi connectivity index (χ0) is 19.9. The maximum Gasteiger partial charge on any atom is 0.231 e. The van der Waals surface area contributed by atoms with Crippen molar-refractivity contribution >= 4 is 5.91 Å². The van der Waals surface area contributed by atoms with Gasteiger partial charge < -0.3 is 14.4 Å². The maximum absolute atomic E-state index is 13.8. The first kappa shape index (κ1) is 19.0. The first-order valence-corrected chi connectivity index (χ1v) is 10.1. The first-order valence-electron chi connectivity index (χ1n) is 10.1. The van der Waals surface area contributed by atoms with Crippen LogP contribution in [0.5, 0.6) is 5.75 Å². The molecule has 0 saturated carbocycles. The Bertz CT molecular complexity index is 848. The molecule has 2 fully saturated rings. The van der Waals surface area contributed by atoms with E-state index < -0.39 is 11.1 Å². The van der Waals surface area contributed by atoms with Crippen molar-refractivity contribution in [2.45, 2.75) is 45.4 Å². The highest BCUT2D eigenvalue weighted by Crippen LogP contribution is 2.55. The summed E-state index contributed by atoms with van der Waals surface area (Å²) in [5.41, 5.74) is 1.05. The van der Waals surface area contributed by atoms with E-state index in [1.54, 1.807) is 7.11 Å². The number of hydrogen-bond acceptors (Lipinski definition) is 3. The molecule has 2 aliphatic heterocycles. The molecule has 2 heterocycles. The summed E-state index contributed by atoms with van der Waals surface area (Å²) in [6.45, 7) is 7.02. The van der Waals surface area contributed by atoms with Gasteiger partial charge in [0.25, 0.3) is 0 Å². The third-order valence-corrected chi connectivity index (χ3v) is 6.33. The molecule has 28 heavy (non-hydrogen) atoms. The quantitative estimate of drug-likeness (QED) is 0.774. The predicted molar refractivity (Wildman–Crippen MR) is 109 cm³/mol. The number of amides is 1. The number of ether oxygens (including phenoxy) is 2. The number of benzene rings is 2. The Morgan fingerprint density at radius 1 is 1.14 bits per heavy atom. The van der Waals surface area contributed by atoms with E-state index in [9.17, 15) is 4.79 Å². The van der Waals surface area contributed by atoms with Crippen LogP contribution in [0.4, 0.5) is 0 Å². The lowest BCUT2D eigenvalue weighted by Gasteiger charge is -2.34. The van der Waals surface area contributed by atoms with Crippen LogP contribution in [0.3, 0.4) is 0 Å². The highest BCUT2D eigenvalue weighted by molar-refractivity contribution is 5.87. The third-order valence-electron chi connectivity index (χ3n) is 6.33. The Balaban J connectivity index is 1.72. The second-order valence-electron chi connectivity index (χ2n) is 8.71. The summed E-state index contributed by atoms with van der Waals surface area (Å²) in [7, 11) is 1.66. The molecule has 0 unspecified atom stereocenters. The second kappa shape index (κ2) is 6.93. The van der Waals surface area contributed by atoms with E-state index in [0.29, 0.717) is 25.4 Å². The molecule has 0 aliphatic carbocycles. The van der Waals surface area contributed by atoms with Crippen LogP contribution in [0, 0.1) is 11.3 Å². The molecule has 2 aliphatic rings. The van der Waals surface area contributed by atoms with Gasteiger partial charge in [-0.3, -0.25) is 4.79 Å². The van der Waals surface area contributed by atoms with Gasteiger partial charge in [-0.1, -0.05) is 63.2 Å². The summed E-state index contributed by atoms with van der Waals surface area (Å²) in [6, 6.07) is 18.4. The van der Waals surface area contributed by atoms with Crippen molar-refractivity contribution in [1.29, 1.82) is 0 Å². The Hall–Kier alpha value is -2.33. The normalized spacial score (nSPS) is 29.4. The Kier molecular flexibility index (Phi) is 4.70. The van der Waals surface area contributed by atoms with Gasteiger partial charge in [0.05, 0.1) is 25.2 Å². The van der Waals surface area contributed by atoms with Crippen molar-refractivity contribution in [2.75, 3.05) is 13.7 Å². The van der Waals surface area contributed by atoms with E-state index in [1.807, 2.05) is 30.3 Å². The van der Waals surface area contributed by atoms with Crippen molar-refractivity contribution in [3.63, 3.8) is 0 Å². The lowest BCUT2D eigenvalue weighted by atomic mass is 9.79. The van der Waals surface area contributed by atoms with Crippen molar-refractivity contribution in [1.82, 2.24) is 4.90 Å². The molecule has 2 aromatic rings. The third kappa shape index (κ3) is 2.91. The van der Waals surface area contributed by atoms with Gasteiger partial charge in [0.15, 0.2) is 5.72 Å². The van der Waals surface area contributed by atoms with Gasteiger partial charge in [0.1, 0.15) is 5.75 Å². The van der Waals surface area contributed by atoms with E-state index in [-0.39, 0.29) is 11.9 Å². The number of hydrogen-bond donors (Lipinski definition) is 0. The summed E-state index contributed by atoms with van der Waals surface area (Å²) in [6.07, 6.45) is 1.35. The minimum absolute atomic E-state index is 0.102. The molecular weight excluding hydrogens is 350 g/mol. The molecular formula is C24H29NO3. The summed E-state index contributed by atoms with van der Waals surface area (Å²) in [5.74, 6) is 1.37. The van der Waals surface area contributed by atoms with Crippen LogP contribution < -0.4 is 4.74 Å². The second-order valence-corrected chi connectivity index (χ2v) is 8.71. The SMILES string of the molecule is COc1ccc(C[C@@]2(C)C[C@@]3(c4ccccc4)OC[C@H](C(C)C)N3C2=O)cc1. The molecule has 0 aromatic heterocycles.